The highest BCUT2D eigenvalue weighted by Crippen LogP contribution is 2.02. The van der Waals surface area contributed by atoms with Gasteiger partial charge in [-0.1, -0.05) is 0 Å². The quantitative estimate of drug-likeness (QED) is 0.449. The molecule has 1 aliphatic heterocycles. The van der Waals surface area contributed by atoms with E-state index < -0.39 is 0 Å². The highest BCUT2D eigenvalue weighted by atomic mass is 15.3. The van der Waals surface area contributed by atoms with Crippen molar-refractivity contribution in [2.75, 3.05) is 65.4 Å². The van der Waals surface area contributed by atoms with Crippen molar-refractivity contribution < 1.29 is 0 Å². The lowest BCUT2D eigenvalue weighted by molar-refractivity contribution is 0.131. The van der Waals surface area contributed by atoms with Crippen LogP contribution < -0.4 is 16.8 Å². The zero-order valence-corrected chi connectivity index (χ0v) is 12.4. The predicted molar refractivity (Wildman–Crippen MR) is 82.3 cm³/mol. The minimum Gasteiger partial charge on any atom is -0.330 e. The molecule has 1 fully saturated rings. The topological polar surface area (TPSA) is 70.5 Å². The lowest BCUT2D eigenvalue weighted by Crippen LogP contribution is -2.48. The molecule has 0 atom stereocenters. The first-order valence-corrected chi connectivity index (χ1v) is 7.92. The molecule has 0 bridgehead atoms. The second-order valence-electron chi connectivity index (χ2n) is 5.42. The summed E-state index contributed by atoms with van der Waals surface area (Å²) < 4.78 is 0. The predicted octanol–water partition coefficient (Wildman–Crippen LogP) is -0.329. The van der Waals surface area contributed by atoms with E-state index in [1.54, 1.807) is 0 Å². The summed E-state index contributed by atoms with van der Waals surface area (Å²) in [5.41, 5.74) is 11.0. The Morgan fingerprint density at radius 1 is 0.684 bits per heavy atom. The first kappa shape index (κ1) is 16.9. The highest BCUT2D eigenvalue weighted by molar-refractivity contribution is 4.72. The lowest BCUT2D eigenvalue weighted by atomic mass is 10.2. The number of piperazine rings is 1. The van der Waals surface area contributed by atoms with E-state index in [-0.39, 0.29) is 0 Å². The number of nitrogens with two attached hydrogens (primary N) is 2. The second kappa shape index (κ2) is 11.6. The van der Waals surface area contributed by atoms with Crippen molar-refractivity contribution in [2.24, 2.45) is 11.5 Å². The van der Waals surface area contributed by atoms with Gasteiger partial charge in [0.25, 0.3) is 0 Å². The van der Waals surface area contributed by atoms with Gasteiger partial charge in [0.2, 0.25) is 0 Å². The third kappa shape index (κ3) is 8.55. The zero-order valence-electron chi connectivity index (χ0n) is 12.4. The van der Waals surface area contributed by atoms with Gasteiger partial charge in [0.1, 0.15) is 0 Å². The summed E-state index contributed by atoms with van der Waals surface area (Å²) in [5, 5.41) is 3.50. The number of rotatable bonds is 11. The van der Waals surface area contributed by atoms with Crippen LogP contribution in [0.3, 0.4) is 0 Å². The maximum absolute atomic E-state index is 5.52. The Labute approximate surface area is 118 Å². The maximum atomic E-state index is 5.52. The number of nitrogens with one attached hydrogen (secondary N) is 1. The Hall–Kier alpha value is -0.200. The first-order chi connectivity index (χ1) is 9.36. The average Bonchev–Trinajstić information content (AvgIpc) is 2.44. The van der Waals surface area contributed by atoms with Gasteiger partial charge in [0.15, 0.2) is 0 Å². The van der Waals surface area contributed by atoms with Crippen LogP contribution in [0.1, 0.15) is 25.7 Å². The molecule has 0 aromatic rings. The largest absolute Gasteiger partial charge is 0.330 e. The number of unbranched alkanes of at least 4 members (excludes halogenated alkanes) is 2. The van der Waals surface area contributed by atoms with E-state index in [1.165, 1.54) is 52.1 Å². The smallest absolute Gasteiger partial charge is 0.0110 e. The highest BCUT2D eigenvalue weighted by Gasteiger charge is 2.15. The van der Waals surface area contributed by atoms with E-state index in [0.717, 1.165) is 39.0 Å². The SMILES string of the molecule is NCCCCNCCN1CCN(CCCCN)CC1. The van der Waals surface area contributed by atoms with Crippen molar-refractivity contribution in [3.05, 3.63) is 0 Å². The molecule has 1 aliphatic rings. The van der Waals surface area contributed by atoms with Crippen molar-refractivity contribution in [2.45, 2.75) is 25.7 Å². The Balaban J connectivity index is 1.92. The molecular weight excluding hydrogens is 238 g/mol. The molecule has 5 heteroatoms. The van der Waals surface area contributed by atoms with E-state index in [1.807, 2.05) is 0 Å². The lowest BCUT2D eigenvalue weighted by Gasteiger charge is -2.34. The van der Waals surface area contributed by atoms with Crippen LogP contribution in [0.25, 0.3) is 0 Å². The van der Waals surface area contributed by atoms with Gasteiger partial charge in [0.05, 0.1) is 0 Å². The molecule has 1 saturated heterocycles. The molecule has 0 saturated carbocycles. The van der Waals surface area contributed by atoms with E-state index in [0.29, 0.717) is 0 Å². The molecule has 0 aromatic carbocycles. The molecule has 19 heavy (non-hydrogen) atoms. The second-order valence-corrected chi connectivity index (χ2v) is 5.42. The standard InChI is InChI=1S/C14H33N5/c15-5-1-3-7-17-8-10-19-13-11-18(12-14-19)9-4-2-6-16/h17H,1-16H2. The molecule has 0 aromatic heterocycles. The molecule has 1 heterocycles. The molecule has 1 rings (SSSR count). The molecule has 0 aliphatic carbocycles. The summed E-state index contributed by atoms with van der Waals surface area (Å²) in [6.07, 6.45) is 4.74. The van der Waals surface area contributed by atoms with Gasteiger partial charge in [-0.15, -0.1) is 0 Å². The third-order valence-electron chi connectivity index (χ3n) is 3.81. The van der Waals surface area contributed by atoms with Crippen LogP contribution >= 0.6 is 0 Å². The van der Waals surface area contributed by atoms with Crippen molar-refractivity contribution in [1.29, 1.82) is 0 Å². The van der Waals surface area contributed by atoms with Crippen LogP contribution in [0.15, 0.2) is 0 Å². The summed E-state index contributed by atoms with van der Waals surface area (Å²) >= 11 is 0. The summed E-state index contributed by atoms with van der Waals surface area (Å²) in [4.78, 5) is 5.14. The molecule has 0 unspecified atom stereocenters. The van der Waals surface area contributed by atoms with Crippen LogP contribution in [0, 0.1) is 0 Å². The van der Waals surface area contributed by atoms with Crippen molar-refractivity contribution in [1.82, 2.24) is 15.1 Å². The Bertz CT molecular complexity index is 190. The summed E-state index contributed by atoms with van der Waals surface area (Å²) in [7, 11) is 0. The zero-order chi connectivity index (χ0) is 13.8. The Morgan fingerprint density at radius 2 is 1.26 bits per heavy atom. The fraction of sp³-hybridized carbons (Fsp3) is 1.00. The van der Waals surface area contributed by atoms with Gasteiger partial charge < -0.3 is 21.7 Å². The van der Waals surface area contributed by atoms with Crippen LogP contribution in [0.5, 0.6) is 0 Å². The van der Waals surface area contributed by atoms with Gasteiger partial charge >= 0.3 is 0 Å². The van der Waals surface area contributed by atoms with Gasteiger partial charge in [0, 0.05) is 39.3 Å². The normalized spacial score (nSPS) is 18.0. The molecule has 114 valence electrons. The van der Waals surface area contributed by atoms with Crippen LogP contribution in [0.4, 0.5) is 0 Å². The molecular formula is C14H33N5. The summed E-state index contributed by atoms with van der Waals surface area (Å²) in [5.74, 6) is 0. The average molecular weight is 271 g/mol. The fourth-order valence-electron chi connectivity index (χ4n) is 2.47. The van der Waals surface area contributed by atoms with E-state index >= 15 is 0 Å². The monoisotopic (exact) mass is 271 g/mol. The minimum absolute atomic E-state index is 0.813. The van der Waals surface area contributed by atoms with Gasteiger partial charge in [-0.05, 0) is 51.9 Å². The van der Waals surface area contributed by atoms with E-state index in [4.69, 9.17) is 11.5 Å². The van der Waals surface area contributed by atoms with Crippen molar-refractivity contribution >= 4 is 0 Å². The number of hydrogen-bond acceptors (Lipinski definition) is 5. The van der Waals surface area contributed by atoms with Crippen LogP contribution in [-0.2, 0) is 0 Å². The van der Waals surface area contributed by atoms with Crippen molar-refractivity contribution in [3.63, 3.8) is 0 Å². The van der Waals surface area contributed by atoms with Gasteiger partial charge in [-0.2, -0.15) is 0 Å². The summed E-state index contributed by atoms with van der Waals surface area (Å²) in [6, 6.07) is 0. The molecule has 5 N–H and O–H groups in total. The van der Waals surface area contributed by atoms with Crippen LogP contribution in [-0.4, -0.2) is 75.2 Å². The maximum Gasteiger partial charge on any atom is 0.0110 e. The fourth-order valence-corrected chi connectivity index (χ4v) is 2.47. The number of nitrogens with zero attached hydrogens (tertiary/aromatic N) is 2. The Kier molecular flexibility index (Phi) is 10.3. The third-order valence-corrected chi connectivity index (χ3v) is 3.81. The van der Waals surface area contributed by atoms with Crippen LogP contribution in [0.2, 0.25) is 0 Å². The molecule has 0 radical (unpaired) electrons. The molecule has 5 nitrogen and oxygen atoms in total. The van der Waals surface area contributed by atoms with Crippen molar-refractivity contribution in [3.8, 4) is 0 Å². The van der Waals surface area contributed by atoms with E-state index in [9.17, 15) is 0 Å². The molecule has 0 spiro atoms. The first-order valence-electron chi connectivity index (χ1n) is 7.92. The van der Waals surface area contributed by atoms with E-state index in [2.05, 4.69) is 15.1 Å². The number of hydrogen-bond donors (Lipinski definition) is 3. The minimum atomic E-state index is 0.813. The summed E-state index contributed by atoms with van der Waals surface area (Å²) in [6.45, 7) is 11.1. The van der Waals surface area contributed by atoms with Gasteiger partial charge in [-0.3, -0.25) is 4.90 Å². The Morgan fingerprint density at radius 3 is 1.89 bits per heavy atom. The molecule has 0 amide bonds. The van der Waals surface area contributed by atoms with Gasteiger partial charge in [-0.25, -0.2) is 0 Å².